The highest BCUT2D eigenvalue weighted by atomic mass is 16.5. The number of carbonyl (C=O) groups excluding carboxylic acids is 1. The number of hydrogen-bond acceptors (Lipinski definition) is 8. The average molecular weight is 467 g/mol. The highest BCUT2D eigenvalue weighted by Crippen LogP contribution is 2.40. The predicted octanol–water partition coefficient (Wildman–Crippen LogP) is 4.65. The molecule has 0 saturated heterocycles. The van der Waals surface area contributed by atoms with E-state index >= 15 is 0 Å². The fraction of sp³-hybridized carbons (Fsp3) is 0.417. The molecule has 0 radical (unpaired) electrons. The van der Waals surface area contributed by atoms with Crippen molar-refractivity contribution in [3.8, 4) is 16.9 Å². The Morgan fingerprint density at radius 2 is 1.94 bits per heavy atom. The second-order valence-corrected chi connectivity index (χ2v) is 8.35. The van der Waals surface area contributed by atoms with E-state index < -0.39 is 0 Å². The quantitative estimate of drug-likeness (QED) is 0.142. The smallest absolute Gasteiger partial charge is 0.243 e. The molecule has 10 nitrogen and oxygen atoms in total. The normalized spacial score (nSPS) is 11.3. The first kappa shape index (κ1) is 23.5. The van der Waals surface area contributed by atoms with Crippen LogP contribution in [0.1, 0.15) is 50.0 Å². The van der Waals surface area contributed by atoms with Crippen LogP contribution in [0.2, 0.25) is 0 Å². The van der Waals surface area contributed by atoms with Crippen LogP contribution in [0.3, 0.4) is 0 Å². The zero-order valence-corrected chi connectivity index (χ0v) is 19.7. The molecule has 1 amide bonds. The first-order chi connectivity index (χ1) is 16.5. The van der Waals surface area contributed by atoms with E-state index in [9.17, 15) is 4.79 Å². The van der Waals surface area contributed by atoms with Crippen molar-refractivity contribution in [1.82, 2.24) is 25.6 Å². The number of hydrogen-bond donors (Lipinski definition) is 4. The molecule has 0 atom stereocenters. The maximum absolute atomic E-state index is 11.0. The van der Waals surface area contributed by atoms with Gasteiger partial charge in [-0.3, -0.25) is 10.0 Å². The highest BCUT2D eigenvalue weighted by Gasteiger charge is 2.20. The molecular formula is C24H30N6O4. The van der Waals surface area contributed by atoms with E-state index in [0.29, 0.717) is 6.42 Å². The topological polar surface area (TPSA) is 138 Å². The molecule has 4 aromatic rings. The number of aromatic nitrogens is 4. The molecule has 0 aliphatic heterocycles. The number of amides is 1. The van der Waals surface area contributed by atoms with Gasteiger partial charge in [0.15, 0.2) is 0 Å². The number of ether oxygens (including phenoxy) is 1. The molecule has 0 aliphatic carbocycles. The Morgan fingerprint density at radius 3 is 2.68 bits per heavy atom. The lowest BCUT2D eigenvalue weighted by Gasteiger charge is -2.10. The number of nitrogens with zero attached hydrogens (tertiary/aromatic N) is 3. The fourth-order valence-electron chi connectivity index (χ4n) is 4.32. The summed E-state index contributed by atoms with van der Waals surface area (Å²) in [5.74, 6) is 1.92. The van der Waals surface area contributed by atoms with Crippen LogP contribution in [-0.2, 0) is 4.79 Å². The summed E-state index contributed by atoms with van der Waals surface area (Å²) >= 11 is 0. The maximum Gasteiger partial charge on any atom is 0.243 e. The van der Waals surface area contributed by atoms with Gasteiger partial charge in [-0.25, -0.2) is 15.4 Å². The number of H-pyrrole nitrogens is 1. The van der Waals surface area contributed by atoms with Gasteiger partial charge in [0.2, 0.25) is 5.91 Å². The number of anilines is 1. The molecule has 0 aliphatic rings. The van der Waals surface area contributed by atoms with E-state index in [4.69, 9.17) is 14.5 Å². The number of aryl methyl sites for hydroxylation is 2. The monoisotopic (exact) mass is 466 g/mol. The fourth-order valence-corrected chi connectivity index (χ4v) is 4.32. The summed E-state index contributed by atoms with van der Waals surface area (Å²) in [5.41, 5.74) is 6.01. The minimum Gasteiger partial charge on any atom is -0.496 e. The summed E-state index contributed by atoms with van der Waals surface area (Å²) in [7, 11) is 1.66. The first-order valence-corrected chi connectivity index (χ1v) is 11.5. The van der Waals surface area contributed by atoms with Gasteiger partial charge in [0, 0.05) is 29.4 Å². The average Bonchev–Trinajstić information content (AvgIpc) is 3.38. The van der Waals surface area contributed by atoms with Crippen molar-refractivity contribution in [3.05, 3.63) is 29.9 Å². The molecule has 0 spiro atoms. The molecule has 3 aromatic heterocycles. The first-order valence-electron chi connectivity index (χ1n) is 11.5. The third-order valence-corrected chi connectivity index (χ3v) is 6.01. The molecule has 10 heteroatoms. The molecule has 4 rings (SSSR count). The van der Waals surface area contributed by atoms with Crippen LogP contribution in [0, 0.1) is 13.8 Å². The molecular weight excluding hydrogens is 436 g/mol. The predicted molar refractivity (Wildman–Crippen MR) is 129 cm³/mol. The van der Waals surface area contributed by atoms with Crippen LogP contribution in [0.15, 0.2) is 23.0 Å². The number of benzene rings is 1. The Labute approximate surface area is 197 Å². The molecule has 34 heavy (non-hydrogen) atoms. The maximum atomic E-state index is 11.0. The largest absolute Gasteiger partial charge is 0.496 e. The van der Waals surface area contributed by atoms with Crippen molar-refractivity contribution in [1.29, 1.82) is 0 Å². The number of carbonyl (C=O) groups is 1. The van der Waals surface area contributed by atoms with Crippen LogP contribution < -0.4 is 15.5 Å². The van der Waals surface area contributed by atoms with Crippen molar-refractivity contribution in [2.24, 2.45) is 0 Å². The number of fused-ring (bicyclic) bond motifs is 3. The molecule has 0 bridgehead atoms. The van der Waals surface area contributed by atoms with Crippen molar-refractivity contribution in [2.75, 3.05) is 19.0 Å². The summed E-state index contributed by atoms with van der Waals surface area (Å²) in [6.07, 6.45) is 6.72. The third kappa shape index (κ3) is 4.81. The molecule has 1 aromatic carbocycles. The van der Waals surface area contributed by atoms with Gasteiger partial charge in [-0.15, -0.1) is 0 Å². The van der Waals surface area contributed by atoms with Crippen LogP contribution in [0.4, 0.5) is 5.82 Å². The van der Waals surface area contributed by atoms with Gasteiger partial charge in [0.1, 0.15) is 29.3 Å². The van der Waals surface area contributed by atoms with Crippen molar-refractivity contribution in [2.45, 2.75) is 52.4 Å². The van der Waals surface area contributed by atoms with Crippen molar-refractivity contribution >= 4 is 33.7 Å². The summed E-state index contributed by atoms with van der Waals surface area (Å²) in [6.45, 7) is 4.59. The van der Waals surface area contributed by atoms with E-state index in [0.717, 1.165) is 94.7 Å². The van der Waals surface area contributed by atoms with E-state index in [1.165, 1.54) is 0 Å². The Bertz CT molecular complexity index is 1280. The molecule has 0 unspecified atom stereocenters. The van der Waals surface area contributed by atoms with Crippen LogP contribution in [0.25, 0.3) is 33.1 Å². The Balaban J connectivity index is 1.50. The minimum atomic E-state index is -0.330. The Kier molecular flexibility index (Phi) is 7.27. The Hall–Kier alpha value is -3.66. The summed E-state index contributed by atoms with van der Waals surface area (Å²) in [5, 5.41) is 18.0. The van der Waals surface area contributed by atoms with E-state index in [1.807, 2.05) is 26.0 Å². The van der Waals surface area contributed by atoms with Gasteiger partial charge in [-0.05, 0) is 38.8 Å². The zero-order valence-electron chi connectivity index (χ0n) is 19.7. The highest BCUT2D eigenvalue weighted by molar-refractivity contribution is 6.12. The third-order valence-electron chi connectivity index (χ3n) is 6.01. The zero-order chi connectivity index (χ0) is 24.1. The number of methoxy groups -OCH3 is 1. The van der Waals surface area contributed by atoms with Gasteiger partial charge in [-0.2, -0.15) is 0 Å². The minimum absolute atomic E-state index is 0.330. The summed E-state index contributed by atoms with van der Waals surface area (Å²) in [4.78, 5) is 23.3. The number of nitrogens with one attached hydrogen (secondary N) is 3. The Morgan fingerprint density at radius 1 is 1.15 bits per heavy atom. The second-order valence-electron chi connectivity index (χ2n) is 8.35. The lowest BCUT2D eigenvalue weighted by molar-refractivity contribution is -0.129. The van der Waals surface area contributed by atoms with Crippen LogP contribution >= 0.6 is 0 Å². The second kappa shape index (κ2) is 10.5. The number of unbranched alkanes of at least 4 members (excludes halogenated alkanes) is 4. The number of aromatic amines is 1. The standard InChI is InChI=1S/C24H30N6O4/c1-14-21(15(2)34-30-14)17-11-18-16(12-19(17)33-3)22-23(26-13-27-24(22)28-18)25-10-8-6-4-5-7-9-20(31)29-32/h11-13,32H,4-10H2,1-3H3,(H,29,31)(H2,25,26,27,28). The van der Waals surface area contributed by atoms with Crippen LogP contribution in [-0.4, -0.2) is 44.9 Å². The summed E-state index contributed by atoms with van der Waals surface area (Å²) < 4.78 is 11.1. The van der Waals surface area contributed by atoms with Crippen LogP contribution in [0.5, 0.6) is 5.75 Å². The number of rotatable bonds is 11. The van der Waals surface area contributed by atoms with Gasteiger partial charge in [0.25, 0.3) is 0 Å². The van der Waals surface area contributed by atoms with Gasteiger partial charge >= 0.3 is 0 Å². The molecule has 4 N–H and O–H groups in total. The van der Waals surface area contributed by atoms with Gasteiger partial charge < -0.3 is 19.6 Å². The lowest BCUT2D eigenvalue weighted by Crippen LogP contribution is -2.17. The van der Waals surface area contributed by atoms with Crippen molar-refractivity contribution < 1.29 is 19.3 Å². The number of hydroxylamine groups is 1. The SMILES string of the molecule is COc1cc2c(cc1-c1c(C)noc1C)[nH]c1ncnc(NCCCCCCCC(=O)NO)c12. The lowest BCUT2D eigenvalue weighted by atomic mass is 10.0. The molecule has 0 fully saturated rings. The van der Waals surface area contributed by atoms with E-state index in [2.05, 4.69) is 25.4 Å². The van der Waals surface area contributed by atoms with E-state index in [1.54, 1.807) is 18.9 Å². The molecule has 180 valence electrons. The van der Waals surface area contributed by atoms with Crippen molar-refractivity contribution in [3.63, 3.8) is 0 Å². The van der Waals surface area contributed by atoms with E-state index in [-0.39, 0.29) is 5.91 Å². The molecule has 3 heterocycles. The van der Waals surface area contributed by atoms with Gasteiger partial charge in [0.05, 0.1) is 23.8 Å². The molecule has 0 saturated carbocycles. The van der Waals surface area contributed by atoms with Gasteiger partial charge in [-0.1, -0.05) is 24.4 Å². The summed E-state index contributed by atoms with van der Waals surface area (Å²) in [6, 6.07) is 4.05.